The van der Waals surface area contributed by atoms with E-state index in [0.29, 0.717) is 16.0 Å². The summed E-state index contributed by atoms with van der Waals surface area (Å²) in [6.07, 6.45) is 1.31. The molecule has 0 radical (unpaired) electrons. The van der Waals surface area contributed by atoms with E-state index < -0.39 is 11.7 Å². The van der Waals surface area contributed by atoms with Crippen LogP contribution in [0.4, 0.5) is 9.52 Å². The second kappa shape index (κ2) is 6.49. The lowest BCUT2D eigenvalue weighted by molar-refractivity contribution is 0.102. The quantitative estimate of drug-likeness (QED) is 0.597. The molecule has 2 aromatic heterocycles. The second-order valence-electron chi connectivity index (χ2n) is 5.32. The number of aromatic nitrogens is 2. The summed E-state index contributed by atoms with van der Waals surface area (Å²) >= 11 is 1.00. The minimum Gasteiger partial charge on any atom is -0.463 e. The van der Waals surface area contributed by atoms with Crippen LogP contribution in [0.3, 0.4) is 0 Å². The summed E-state index contributed by atoms with van der Waals surface area (Å²) in [5, 5.41) is 11.1. The predicted octanol–water partition coefficient (Wildman–Crippen LogP) is 3.70. The van der Waals surface area contributed by atoms with Gasteiger partial charge in [-0.25, -0.2) is 4.39 Å². The maximum absolute atomic E-state index is 13.7. The highest BCUT2D eigenvalue weighted by Gasteiger charge is 2.16. The van der Waals surface area contributed by atoms with E-state index in [2.05, 4.69) is 15.5 Å². The topological polar surface area (TPSA) is 85.1 Å². The molecule has 8 heteroatoms. The van der Waals surface area contributed by atoms with Crippen molar-refractivity contribution >= 4 is 33.3 Å². The molecule has 4 aromatic rings. The molecule has 0 atom stereocenters. The van der Waals surface area contributed by atoms with Gasteiger partial charge in [-0.05, 0) is 24.3 Å². The third kappa shape index (κ3) is 2.86. The van der Waals surface area contributed by atoms with Gasteiger partial charge in [0.05, 0.1) is 16.5 Å². The van der Waals surface area contributed by atoms with Gasteiger partial charge in [-0.1, -0.05) is 35.6 Å². The fourth-order valence-corrected chi connectivity index (χ4v) is 3.16. The number of benzene rings is 2. The fourth-order valence-electron chi connectivity index (χ4n) is 2.42. The Labute approximate surface area is 149 Å². The molecule has 0 aliphatic rings. The Balaban J connectivity index is 1.65. The van der Waals surface area contributed by atoms with Crippen molar-refractivity contribution in [2.24, 2.45) is 0 Å². The van der Waals surface area contributed by atoms with Crippen molar-refractivity contribution in [2.75, 3.05) is 5.32 Å². The number of halogens is 1. The molecular formula is C18H10FN3O3S. The molecule has 26 heavy (non-hydrogen) atoms. The van der Waals surface area contributed by atoms with E-state index in [1.54, 1.807) is 30.3 Å². The number of nitrogens with zero attached hydrogens (tertiary/aromatic N) is 2. The van der Waals surface area contributed by atoms with Gasteiger partial charge < -0.3 is 4.42 Å². The van der Waals surface area contributed by atoms with Crippen LogP contribution in [-0.2, 0) is 0 Å². The zero-order valence-corrected chi connectivity index (χ0v) is 13.9. The summed E-state index contributed by atoms with van der Waals surface area (Å²) in [5.74, 6) is -1.28. The highest BCUT2D eigenvalue weighted by Crippen LogP contribution is 2.26. The van der Waals surface area contributed by atoms with Crippen molar-refractivity contribution in [3.63, 3.8) is 0 Å². The molecule has 0 bridgehead atoms. The third-order valence-electron chi connectivity index (χ3n) is 3.67. The molecule has 0 unspecified atom stereocenters. The van der Waals surface area contributed by atoms with Crippen LogP contribution in [0, 0.1) is 5.82 Å². The molecule has 0 fully saturated rings. The number of carbonyl (C=O) groups is 1. The average molecular weight is 367 g/mol. The van der Waals surface area contributed by atoms with Gasteiger partial charge in [0.1, 0.15) is 17.7 Å². The van der Waals surface area contributed by atoms with E-state index in [-0.39, 0.29) is 21.7 Å². The lowest BCUT2D eigenvalue weighted by Crippen LogP contribution is -2.13. The number of rotatable bonds is 3. The summed E-state index contributed by atoms with van der Waals surface area (Å²) in [5.41, 5.74) is 0.371. The maximum Gasteiger partial charge on any atom is 0.260 e. The predicted molar refractivity (Wildman–Crippen MR) is 95.7 cm³/mol. The van der Waals surface area contributed by atoms with Crippen molar-refractivity contribution in [3.8, 4) is 10.6 Å². The van der Waals surface area contributed by atoms with Gasteiger partial charge in [-0.15, -0.1) is 10.2 Å². The Morgan fingerprint density at radius 1 is 1.08 bits per heavy atom. The van der Waals surface area contributed by atoms with Crippen molar-refractivity contribution in [2.45, 2.75) is 0 Å². The molecule has 128 valence electrons. The lowest BCUT2D eigenvalue weighted by Gasteiger charge is -2.01. The Morgan fingerprint density at radius 2 is 1.85 bits per heavy atom. The molecule has 0 saturated heterocycles. The van der Waals surface area contributed by atoms with E-state index in [1.807, 2.05) is 0 Å². The molecule has 6 nitrogen and oxygen atoms in total. The van der Waals surface area contributed by atoms with Crippen LogP contribution in [0.2, 0.25) is 0 Å². The van der Waals surface area contributed by atoms with Crippen molar-refractivity contribution in [1.29, 1.82) is 0 Å². The van der Waals surface area contributed by atoms with Crippen LogP contribution < -0.4 is 10.7 Å². The maximum atomic E-state index is 13.7. The van der Waals surface area contributed by atoms with Crippen LogP contribution in [0.1, 0.15) is 10.4 Å². The smallest absolute Gasteiger partial charge is 0.260 e. The zero-order chi connectivity index (χ0) is 18.1. The van der Waals surface area contributed by atoms with E-state index in [9.17, 15) is 14.0 Å². The standard InChI is InChI=1S/C18H10FN3O3S/c19-13-7-3-1-5-10(13)16(24)20-18-22-21-17(26-18)12-9-25-14-8-4-2-6-11(14)15(12)23/h1-9H,(H,20,22,24). The van der Waals surface area contributed by atoms with Gasteiger partial charge in [-0.3, -0.25) is 14.9 Å². The number of anilines is 1. The van der Waals surface area contributed by atoms with Crippen LogP contribution in [-0.4, -0.2) is 16.1 Å². The minimum absolute atomic E-state index is 0.102. The summed E-state index contributed by atoms with van der Waals surface area (Å²) in [6.45, 7) is 0. The Morgan fingerprint density at radius 3 is 2.69 bits per heavy atom. The van der Waals surface area contributed by atoms with Crippen molar-refractivity contribution in [1.82, 2.24) is 10.2 Å². The highest BCUT2D eigenvalue weighted by molar-refractivity contribution is 7.18. The summed E-state index contributed by atoms with van der Waals surface area (Å²) in [6, 6.07) is 12.5. The van der Waals surface area contributed by atoms with E-state index >= 15 is 0 Å². The van der Waals surface area contributed by atoms with Gasteiger partial charge in [0.25, 0.3) is 5.91 Å². The molecule has 4 rings (SSSR count). The molecule has 2 heterocycles. The van der Waals surface area contributed by atoms with E-state index in [1.165, 1.54) is 24.5 Å². The SMILES string of the molecule is O=C(Nc1nnc(-c2coc3ccccc3c2=O)s1)c1ccccc1F. The Bertz CT molecular complexity index is 1190. The fraction of sp³-hybridized carbons (Fsp3) is 0. The molecule has 0 saturated carbocycles. The van der Waals surface area contributed by atoms with Gasteiger partial charge in [-0.2, -0.15) is 0 Å². The normalized spacial score (nSPS) is 10.8. The first kappa shape index (κ1) is 16.1. The first-order valence-electron chi connectivity index (χ1n) is 7.54. The van der Waals surface area contributed by atoms with Crippen molar-refractivity contribution < 1.29 is 13.6 Å². The number of nitrogens with one attached hydrogen (secondary N) is 1. The van der Waals surface area contributed by atoms with Crippen LogP contribution in [0.25, 0.3) is 21.5 Å². The van der Waals surface area contributed by atoms with Gasteiger partial charge in [0, 0.05) is 0 Å². The van der Waals surface area contributed by atoms with Crippen LogP contribution in [0.15, 0.2) is 64.0 Å². The van der Waals surface area contributed by atoms with Gasteiger partial charge in [0.2, 0.25) is 10.6 Å². The molecule has 0 aliphatic carbocycles. The third-order valence-corrected chi connectivity index (χ3v) is 4.55. The van der Waals surface area contributed by atoms with Crippen LogP contribution >= 0.6 is 11.3 Å². The zero-order valence-electron chi connectivity index (χ0n) is 13.1. The van der Waals surface area contributed by atoms with Crippen molar-refractivity contribution in [3.05, 3.63) is 76.4 Å². The number of amides is 1. The molecule has 0 aliphatic heterocycles. The number of hydrogen-bond acceptors (Lipinski definition) is 6. The first-order valence-corrected chi connectivity index (χ1v) is 8.35. The lowest BCUT2D eigenvalue weighted by atomic mass is 10.2. The van der Waals surface area contributed by atoms with E-state index in [0.717, 1.165) is 11.3 Å². The monoisotopic (exact) mass is 367 g/mol. The van der Waals surface area contributed by atoms with E-state index in [4.69, 9.17) is 4.42 Å². The second-order valence-corrected chi connectivity index (χ2v) is 6.30. The summed E-state index contributed by atoms with van der Waals surface area (Å²) in [7, 11) is 0. The molecule has 2 aromatic carbocycles. The van der Waals surface area contributed by atoms with Crippen LogP contribution in [0.5, 0.6) is 0 Å². The molecule has 1 amide bonds. The van der Waals surface area contributed by atoms with Gasteiger partial charge >= 0.3 is 0 Å². The number of para-hydroxylation sites is 1. The van der Waals surface area contributed by atoms with Gasteiger partial charge in [0.15, 0.2) is 5.01 Å². The molecular weight excluding hydrogens is 357 g/mol. The summed E-state index contributed by atoms with van der Waals surface area (Å²) < 4.78 is 19.1. The average Bonchev–Trinajstić information content (AvgIpc) is 3.10. The largest absolute Gasteiger partial charge is 0.463 e. The Hall–Kier alpha value is -3.39. The summed E-state index contributed by atoms with van der Waals surface area (Å²) in [4.78, 5) is 24.7. The minimum atomic E-state index is -0.642. The number of hydrogen-bond donors (Lipinski definition) is 1. The Kier molecular flexibility index (Phi) is 4.02. The highest BCUT2D eigenvalue weighted by atomic mass is 32.1. The molecule has 1 N–H and O–H groups in total. The first-order chi connectivity index (χ1) is 12.6. The molecule has 0 spiro atoms. The number of fused-ring (bicyclic) bond motifs is 1. The number of carbonyl (C=O) groups excluding carboxylic acids is 1.